The number of carbonyl (C=O) groups excluding carboxylic acids is 1. The number of benzene rings is 1. The van der Waals surface area contributed by atoms with Gasteiger partial charge in [-0.25, -0.2) is 8.42 Å². The number of aliphatic imine (C=N–C) groups is 1. The lowest BCUT2D eigenvalue weighted by atomic mass is 10.2. The summed E-state index contributed by atoms with van der Waals surface area (Å²) in [5, 5.41) is 7.22. The molecule has 4 N–H and O–H groups in total. The third kappa shape index (κ3) is 4.23. The van der Waals surface area contributed by atoms with E-state index in [1.54, 1.807) is 0 Å². The Balaban J connectivity index is 2.48. The fourth-order valence-corrected chi connectivity index (χ4v) is 2.48. The molecule has 9 nitrogen and oxygen atoms in total. The van der Waals surface area contributed by atoms with Crippen LogP contribution in [-0.4, -0.2) is 36.7 Å². The zero-order valence-corrected chi connectivity index (χ0v) is 12.8. The van der Waals surface area contributed by atoms with E-state index in [0.717, 1.165) is 12.3 Å². The topological polar surface area (TPSA) is 151 Å². The second-order valence-electron chi connectivity index (χ2n) is 4.46. The minimum atomic E-state index is -3.66. The Morgan fingerprint density at radius 2 is 1.96 bits per heavy atom. The van der Waals surface area contributed by atoms with Crippen LogP contribution in [0.5, 0.6) is 11.5 Å². The number of ether oxygens (including phenoxy) is 1. The van der Waals surface area contributed by atoms with Crippen molar-refractivity contribution in [2.24, 2.45) is 16.5 Å². The third-order valence-electron chi connectivity index (χ3n) is 2.61. The molecule has 1 aromatic carbocycles. The van der Waals surface area contributed by atoms with Gasteiger partial charge in [0.2, 0.25) is 0 Å². The molecule has 2 rings (SSSR count). The lowest BCUT2D eigenvalue weighted by molar-refractivity contribution is 0.100. The molecule has 0 radical (unpaired) electrons. The van der Waals surface area contributed by atoms with Crippen molar-refractivity contribution in [2.45, 2.75) is 4.90 Å². The van der Waals surface area contributed by atoms with Crippen LogP contribution >= 0.6 is 0 Å². The van der Waals surface area contributed by atoms with E-state index < -0.39 is 21.7 Å². The third-order valence-corrected chi connectivity index (χ3v) is 3.72. The molecule has 0 saturated heterocycles. The van der Waals surface area contributed by atoms with Crippen LogP contribution in [0.1, 0.15) is 10.4 Å². The zero-order valence-electron chi connectivity index (χ0n) is 12.0. The summed E-state index contributed by atoms with van der Waals surface area (Å²) in [6.45, 7) is 0. The largest absolute Gasteiger partial charge is 0.454 e. The molecule has 0 aliphatic heterocycles. The number of sulfone groups is 1. The Kier molecular flexibility index (Phi) is 4.55. The van der Waals surface area contributed by atoms with Gasteiger partial charge in [0.1, 0.15) is 16.4 Å². The first-order valence-electron chi connectivity index (χ1n) is 6.20. The molecule has 0 spiro atoms. The normalized spacial score (nSPS) is 10.8. The summed E-state index contributed by atoms with van der Waals surface area (Å²) in [5.74, 6) is -0.832. The maximum Gasteiger partial charge on any atom is 0.280 e. The SMILES string of the molecule is CS(=O)(=O)c1cc(C(=O)N=C(N)N)ccc1Oc1ccnnc1. The van der Waals surface area contributed by atoms with Gasteiger partial charge in [0.05, 0.1) is 12.4 Å². The summed E-state index contributed by atoms with van der Waals surface area (Å²) in [4.78, 5) is 15.0. The number of amides is 1. The molecule has 1 aromatic heterocycles. The van der Waals surface area contributed by atoms with E-state index in [9.17, 15) is 13.2 Å². The van der Waals surface area contributed by atoms with E-state index in [1.807, 2.05) is 0 Å². The number of rotatable bonds is 4. The van der Waals surface area contributed by atoms with Crippen LogP contribution in [0, 0.1) is 0 Å². The number of hydrogen-bond acceptors (Lipinski definition) is 6. The van der Waals surface area contributed by atoms with Gasteiger partial charge in [0.25, 0.3) is 5.91 Å². The summed E-state index contributed by atoms with van der Waals surface area (Å²) < 4.78 is 29.3. The van der Waals surface area contributed by atoms with Gasteiger partial charge >= 0.3 is 0 Å². The highest BCUT2D eigenvalue weighted by Crippen LogP contribution is 2.29. The van der Waals surface area contributed by atoms with Crippen molar-refractivity contribution >= 4 is 21.7 Å². The summed E-state index contributed by atoms with van der Waals surface area (Å²) in [6, 6.07) is 5.35. The highest BCUT2D eigenvalue weighted by Gasteiger charge is 2.18. The highest BCUT2D eigenvalue weighted by atomic mass is 32.2. The molecule has 10 heteroatoms. The first-order valence-corrected chi connectivity index (χ1v) is 8.09. The Morgan fingerprint density at radius 3 is 2.52 bits per heavy atom. The molecule has 23 heavy (non-hydrogen) atoms. The van der Waals surface area contributed by atoms with E-state index in [-0.39, 0.29) is 16.2 Å². The fraction of sp³-hybridized carbons (Fsp3) is 0.0769. The number of nitrogens with two attached hydrogens (primary N) is 2. The summed E-state index contributed by atoms with van der Waals surface area (Å²) in [7, 11) is -3.66. The molecule has 0 aliphatic rings. The van der Waals surface area contributed by atoms with Gasteiger partial charge in [-0.05, 0) is 18.2 Å². The van der Waals surface area contributed by atoms with E-state index >= 15 is 0 Å². The highest BCUT2D eigenvalue weighted by molar-refractivity contribution is 7.90. The summed E-state index contributed by atoms with van der Waals surface area (Å²) >= 11 is 0. The Labute approximate surface area is 131 Å². The van der Waals surface area contributed by atoms with E-state index in [1.165, 1.54) is 30.6 Å². The maximum absolute atomic E-state index is 11.9. The van der Waals surface area contributed by atoms with Crippen molar-refractivity contribution in [3.05, 3.63) is 42.2 Å². The van der Waals surface area contributed by atoms with Crippen LogP contribution in [0.2, 0.25) is 0 Å². The molecule has 0 saturated carbocycles. The molecule has 2 aromatic rings. The Bertz CT molecular complexity index is 861. The quantitative estimate of drug-likeness (QED) is 0.589. The number of carbonyl (C=O) groups is 1. The maximum atomic E-state index is 11.9. The molecular formula is C13H13N5O4S. The van der Waals surface area contributed by atoms with Gasteiger partial charge in [-0.2, -0.15) is 15.2 Å². The van der Waals surface area contributed by atoms with E-state index in [4.69, 9.17) is 16.2 Å². The number of hydrogen-bond donors (Lipinski definition) is 2. The number of aromatic nitrogens is 2. The van der Waals surface area contributed by atoms with Crippen molar-refractivity contribution in [1.82, 2.24) is 10.2 Å². The first-order chi connectivity index (χ1) is 10.8. The van der Waals surface area contributed by atoms with E-state index in [2.05, 4.69) is 15.2 Å². The fourth-order valence-electron chi connectivity index (χ4n) is 1.66. The van der Waals surface area contributed by atoms with Gasteiger partial charge in [-0.15, -0.1) is 0 Å². The van der Waals surface area contributed by atoms with Crippen molar-refractivity contribution in [3.8, 4) is 11.5 Å². The van der Waals surface area contributed by atoms with Crippen LogP contribution in [-0.2, 0) is 9.84 Å². The predicted octanol–water partition coefficient (Wildman–Crippen LogP) is 0.0860. The number of nitrogens with zero attached hydrogens (tertiary/aromatic N) is 3. The molecule has 1 heterocycles. The van der Waals surface area contributed by atoms with Gasteiger partial charge in [0.15, 0.2) is 15.8 Å². The van der Waals surface area contributed by atoms with Gasteiger partial charge in [-0.1, -0.05) is 0 Å². The molecule has 0 bridgehead atoms. The van der Waals surface area contributed by atoms with Crippen molar-refractivity contribution in [2.75, 3.05) is 6.26 Å². The van der Waals surface area contributed by atoms with E-state index in [0.29, 0.717) is 5.75 Å². The van der Waals surface area contributed by atoms with Crippen molar-refractivity contribution in [1.29, 1.82) is 0 Å². The Morgan fingerprint density at radius 1 is 1.22 bits per heavy atom. The van der Waals surface area contributed by atoms with Gasteiger partial charge in [0, 0.05) is 17.9 Å². The summed E-state index contributed by atoms with van der Waals surface area (Å²) in [6.07, 6.45) is 3.71. The predicted molar refractivity (Wildman–Crippen MR) is 81.8 cm³/mol. The van der Waals surface area contributed by atoms with Crippen LogP contribution in [0.4, 0.5) is 0 Å². The lowest BCUT2D eigenvalue weighted by Gasteiger charge is -2.10. The molecule has 0 unspecified atom stereocenters. The second-order valence-corrected chi connectivity index (χ2v) is 6.44. The van der Waals surface area contributed by atoms with Gasteiger partial charge < -0.3 is 16.2 Å². The zero-order chi connectivity index (χ0) is 17.0. The average molecular weight is 335 g/mol. The lowest BCUT2D eigenvalue weighted by Crippen LogP contribution is -2.24. The number of guanidine groups is 1. The van der Waals surface area contributed by atoms with Gasteiger partial charge in [-0.3, -0.25) is 4.79 Å². The standard InChI is InChI=1S/C13H13N5O4S/c1-23(20,21)11-6-8(12(19)18-13(14)15)2-3-10(11)22-9-4-5-16-17-7-9/h2-7H,1H3,(H4,14,15,18,19). The monoisotopic (exact) mass is 335 g/mol. The van der Waals surface area contributed by atoms with Crippen LogP contribution in [0.25, 0.3) is 0 Å². The molecule has 0 fully saturated rings. The molecular weight excluding hydrogens is 322 g/mol. The molecule has 120 valence electrons. The van der Waals surface area contributed by atoms with Crippen molar-refractivity contribution < 1.29 is 17.9 Å². The van der Waals surface area contributed by atoms with Crippen LogP contribution in [0.3, 0.4) is 0 Å². The minimum absolute atomic E-state index is 0.0130. The second kappa shape index (κ2) is 6.40. The molecule has 0 aliphatic carbocycles. The first kappa shape index (κ1) is 16.4. The summed E-state index contributed by atoms with van der Waals surface area (Å²) in [5.41, 5.74) is 10.3. The van der Waals surface area contributed by atoms with Crippen LogP contribution in [0.15, 0.2) is 46.5 Å². The Hall–Kier alpha value is -3.01. The smallest absolute Gasteiger partial charge is 0.280 e. The molecule has 0 atom stereocenters. The minimum Gasteiger partial charge on any atom is -0.454 e. The van der Waals surface area contributed by atoms with Crippen molar-refractivity contribution in [3.63, 3.8) is 0 Å². The van der Waals surface area contributed by atoms with Crippen LogP contribution < -0.4 is 16.2 Å². The molecule has 1 amide bonds. The average Bonchev–Trinajstić information content (AvgIpc) is 2.46.